The summed E-state index contributed by atoms with van der Waals surface area (Å²) in [5, 5.41) is 20.2. The number of aryl methyl sites for hydroxylation is 1. The normalized spacial score (nSPS) is 18.7. The molecule has 0 unspecified atom stereocenters. The van der Waals surface area contributed by atoms with Crippen LogP contribution >= 0.6 is 11.6 Å². The highest BCUT2D eigenvalue weighted by atomic mass is 35.5. The lowest BCUT2D eigenvalue weighted by Crippen LogP contribution is -2.53. The van der Waals surface area contributed by atoms with Crippen LogP contribution in [0, 0.1) is 0 Å². The Hall–Kier alpha value is -1.59. The van der Waals surface area contributed by atoms with Crippen molar-refractivity contribution in [2.45, 2.75) is 31.8 Å². The molecule has 146 valence electrons. The molecule has 2 N–H and O–H groups in total. The summed E-state index contributed by atoms with van der Waals surface area (Å²) in [5.74, 6) is 0.295. The van der Waals surface area contributed by atoms with E-state index in [0.717, 1.165) is 51.0 Å². The van der Waals surface area contributed by atoms with E-state index in [1.54, 1.807) is 12.1 Å². The molecule has 0 saturated carbocycles. The van der Waals surface area contributed by atoms with Gasteiger partial charge in [-0.3, -0.25) is 9.80 Å². The number of hydrogen-bond acceptors (Lipinski definition) is 4. The largest absolute Gasteiger partial charge is 0.508 e. The average Bonchev–Trinajstić information content (AvgIpc) is 2.67. The van der Waals surface area contributed by atoms with Crippen molar-refractivity contribution < 1.29 is 10.2 Å². The van der Waals surface area contributed by atoms with E-state index in [2.05, 4.69) is 40.1 Å². The zero-order chi connectivity index (χ0) is 19.1. The van der Waals surface area contributed by atoms with Crippen LogP contribution < -0.4 is 0 Å². The molecule has 1 fully saturated rings. The monoisotopic (exact) mass is 388 g/mol. The molecule has 4 nitrogen and oxygen atoms in total. The maximum atomic E-state index is 10.1. The standard InChI is InChI=1S/C22H29ClN2O2/c23-20-8-9-22(27)19(15-20)16-24-12-13-25(21(17-24)10-14-26)11-4-7-18-5-2-1-3-6-18/h1-3,5-6,8-9,15,21,26-27H,4,7,10-14,16-17H2/t21-/m0/s1. The molecular weight excluding hydrogens is 360 g/mol. The second-order valence-corrected chi connectivity index (χ2v) is 7.74. The highest BCUT2D eigenvalue weighted by Crippen LogP contribution is 2.24. The SMILES string of the molecule is OCC[C@H]1CN(Cc2cc(Cl)ccc2O)CCN1CCCc1ccccc1. The molecular formula is C22H29ClN2O2. The molecule has 27 heavy (non-hydrogen) atoms. The lowest BCUT2D eigenvalue weighted by atomic mass is 10.1. The fourth-order valence-electron chi connectivity index (χ4n) is 3.87. The number of aliphatic hydroxyl groups is 1. The third kappa shape index (κ3) is 5.94. The van der Waals surface area contributed by atoms with Crippen LogP contribution in [0.25, 0.3) is 0 Å². The smallest absolute Gasteiger partial charge is 0.120 e. The first-order chi connectivity index (χ1) is 13.2. The van der Waals surface area contributed by atoms with E-state index in [0.29, 0.717) is 23.4 Å². The Morgan fingerprint density at radius 3 is 2.67 bits per heavy atom. The molecule has 0 aliphatic carbocycles. The molecule has 1 aliphatic heterocycles. The molecule has 1 atom stereocenters. The second-order valence-electron chi connectivity index (χ2n) is 7.30. The Morgan fingerprint density at radius 2 is 1.89 bits per heavy atom. The van der Waals surface area contributed by atoms with Gasteiger partial charge in [-0.2, -0.15) is 0 Å². The number of piperazine rings is 1. The van der Waals surface area contributed by atoms with Gasteiger partial charge in [-0.15, -0.1) is 0 Å². The maximum Gasteiger partial charge on any atom is 0.120 e. The third-order valence-corrected chi connectivity index (χ3v) is 5.58. The quantitative estimate of drug-likeness (QED) is 0.726. The molecule has 3 rings (SSSR count). The van der Waals surface area contributed by atoms with Crippen molar-refractivity contribution in [1.82, 2.24) is 9.80 Å². The fourth-order valence-corrected chi connectivity index (χ4v) is 4.07. The highest BCUT2D eigenvalue weighted by Gasteiger charge is 2.26. The van der Waals surface area contributed by atoms with Gasteiger partial charge in [0.15, 0.2) is 0 Å². The van der Waals surface area contributed by atoms with E-state index in [4.69, 9.17) is 11.6 Å². The molecule has 1 heterocycles. The molecule has 5 heteroatoms. The Bertz CT molecular complexity index is 711. The minimum absolute atomic E-state index is 0.204. The number of halogens is 1. The van der Waals surface area contributed by atoms with Gasteiger partial charge >= 0.3 is 0 Å². The van der Waals surface area contributed by atoms with Gasteiger partial charge in [0.2, 0.25) is 0 Å². The second kappa shape index (κ2) is 10.1. The van der Waals surface area contributed by atoms with Crippen LogP contribution in [0.2, 0.25) is 5.02 Å². The van der Waals surface area contributed by atoms with Gasteiger partial charge in [0.25, 0.3) is 0 Å². The van der Waals surface area contributed by atoms with Gasteiger partial charge in [-0.25, -0.2) is 0 Å². The molecule has 0 spiro atoms. The Morgan fingerprint density at radius 1 is 1.07 bits per heavy atom. The Balaban J connectivity index is 1.53. The zero-order valence-electron chi connectivity index (χ0n) is 15.7. The minimum Gasteiger partial charge on any atom is -0.508 e. The summed E-state index contributed by atoms with van der Waals surface area (Å²) >= 11 is 6.07. The van der Waals surface area contributed by atoms with E-state index in [-0.39, 0.29) is 6.61 Å². The van der Waals surface area contributed by atoms with Crippen molar-refractivity contribution in [3.05, 3.63) is 64.7 Å². The van der Waals surface area contributed by atoms with Crippen molar-refractivity contribution in [2.75, 3.05) is 32.8 Å². The van der Waals surface area contributed by atoms with Gasteiger partial charge in [0.1, 0.15) is 5.75 Å². The first-order valence-corrected chi connectivity index (χ1v) is 10.1. The predicted octanol–water partition coefficient (Wildman–Crippen LogP) is 3.55. The average molecular weight is 389 g/mol. The number of phenolic OH excluding ortho intramolecular Hbond substituents is 1. The summed E-state index contributed by atoms with van der Waals surface area (Å²) in [6.45, 7) is 4.79. The molecule has 2 aromatic carbocycles. The number of rotatable bonds is 8. The fraction of sp³-hybridized carbons (Fsp3) is 0.455. The number of aromatic hydroxyl groups is 1. The van der Waals surface area contributed by atoms with Crippen molar-refractivity contribution in [3.8, 4) is 5.75 Å². The lowest BCUT2D eigenvalue weighted by Gasteiger charge is -2.41. The summed E-state index contributed by atoms with van der Waals surface area (Å²) in [5.41, 5.74) is 2.24. The first kappa shape index (κ1) is 20.2. The first-order valence-electron chi connectivity index (χ1n) is 9.74. The van der Waals surface area contributed by atoms with Crippen LogP contribution in [-0.2, 0) is 13.0 Å². The van der Waals surface area contributed by atoms with E-state index in [9.17, 15) is 10.2 Å². The molecule has 1 aliphatic rings. The molecule has 0 radical (unpaired) electrons. The van der Waals surface area contributed by atoms with Gasteiger partial charge < -0.3 is 10.2 Å². The number of phenols is 1. The molecule has 0 bridgehead atoms. The van der Waals surface area contributed by atoms with Crippen molar-refractivity contribution >= 4 is 11.6 Å². The van der Waals surface area contributed by atoms with Gasteiger partial charge in [-0.05, 0) is 49.6 Å². The van der Waals surface area contributed by atoms with Crippen LogP contribution in [0.4, 0.5) is 0 Å². The van der Waals surface area contributed by atoms with Gasteiger partial charge in [0.05, 0.1) is 0 Å². The van der Waals surface area contributed by atoms with Crippen LogP contribution in [0.1, 0.15) is 24.0 Å². The highest BCUT2D eigenvalue weighted by molar-refractivity contribution is 6.30. The van der Waals surface area contributed by atoms with Crippen molar-refractivity contribution in [1.29, 1.82) is 0 Å². The number of nitrogens with zero attached hydrogens (tertiary/aromatic N) is 2. The lowest BCUT2D eigenvalue weighted by molar-refractivity contribution is 0.0543. The minimum atomic E-state index is 0.204. The summed E-state index contributed by atoms with van der Waals surface area (Å²) in [6.07, 6.45) is 2.99. The molecule has 0 aromatic heterocycles. The summed E-state index contributed by atoms with van der Waals surface area (Å²) in [7, 11) is 0. The van der Waals surface area contributed by atoms with Crippen LogP contribution in [-0.4, -0.2) is 58.8 Å². The van der Waals surface area contributed by atoms with Crippen LogP contribution in [0.15, 0.2) is 48.5 Å². The topological polar surface area (TPSA) is 46.9 Å². The summed E-state index contributed by atoms with van der Waals surface area (Å²) < 4.78 is 0. The van der Waals surface area contributed by atoms with Crippen LogP contribution in [0.3, 0.4) is 0 Å². The van der Waals surface area contributed by atoms with Gasteiger partial charge in [-0.1, -0.05) is 41.9 Å². The van der Waals surface area contributed by atoms with E-state index in [1.165, 1.54) is 5.56 Å². The predicted molar refractivity (Wildman–Crippen MR) is 110 cm³/mol. The van der Waals surface area contributed by atoms with E-state index >= 15 is 0 Å². The Labute approximate surface area is 167 Å². The van der Waals surface area contributed by atoms with Crippen molar-refractivity contribution in [2.24, 2.45) is 0 Å². The van der Waals surface area contributed by atoms with Crippen LogP contribution in [0.5, 0.6) is 5.75 Å². The molecule has 1 saturated heterocycles. The maximum absolute atomic E-state index is 10.1. The number of benzene rings is 2. The summed E-state index contributed by atoms with van der Waals surface area (Å²) in [4.78, 5) is 4.85. The third-order valence-electron chi connectivity index (χ3n) is 5.34. The number of aliphatic hydroxyl groups excluding tert-OH is 1. The Kier molecular flexibility index (Phi) is 7.53. The molecule has 0 amide bonds. The number of hydrogen-bond donors (Lipinski definition) is 2. The van der Waals surface area contributed by atoms with Gasteiger partial charge in [0, 0.05) is 49.4 Å². The molecule has 2 aromatic rings. The van der Waals surface area contributed by atoms with E-state index < -0.39 is 0 Å². The zero-order valence-corrected chi connectivity index (χ0v) is 16.5. The van der Waals surface area contributed by atoms with E-state index in [1.807, 2.05) is 6.07 Å². The van der Waals surface area contributed by atoms with Crippen molar-refractivity contribution in [3.63, 3.8) is 0 Å². The summed E-state index contributed by atoms with van der Waals surface area (Å²) in [6, 6.07) is 16.1.